The van der Waals surface area contributed by atoms with Crippen LogP contribution in [-0.4, -0.2) is 31.7 Å². The maximum absolute atomic E-state index is 12.5. The first-order chi connectivity index (χ1) is 14.1. The van der Waals surface area contributed by atoms with Crippen molar-refractivity contribution in [3.63, 3.8) is 0 Å². The number of ether oxygens (including phenoxy) is 3. The average Bonchev–Trinajstić information content (AvgIpc) is 2.75. The Bertz CT molecular complexity index is 974. The van der Waals surface area contributed by atoms with Gasteiger partial charge in [-0.05, 0) is 43.3 Å². The van der Waals surface area contributed by atoms with Gasteiger partial charge in [0.15, 0.2) is 11.5 Å². The number of para-hydroxylation sites is 2. The molecule has 7 heteroatoms. The number of amides is 1. The summed E-state index contributed by atoms with van der Waals surface area (Å²) in [5.41, 5.74) is 2.46. The van der Waals surface area contributed by atoms with Crippen LogP contribution in [0.25, 0.3) is 0 Å². The van der Waals surface area contributed by atoms with E-state index in [1.165, 1.54) is 0 Å². The maximum Gasteiger partial charge on any atom is 0.274 e. The van der Waals surface area contributed by atoms with Crippen LogP contribution in [0.15, 0.2) is 60.8 Å². The molecular formula is C22H23N3O4. The summed E-state index contributed by atoms with van der Waals surface area (Å²) >= 11 is 0. The second-order valence-corrected chi connectivity index (χ2v) is 6.01. The molecule has 0 bridgehead atoms. The fourth-order valence-electron chi connectivity index (χ4n) is 2.72. The van der Waals surface area contributed by atoms with Crippen molar-refractivity contribution in [1.82, 2.24) is 4.98 Å². The van der Waals surface area contributed by atoms with Gasteiger partial charge in [-0.3, -0.25) is 4.79 Å². The highest BCUT2D eigenvalue weighted by Crippen LogP contribution is 2.30. The minimum absolute atomic E-state index is 0.295. The van der Waals surface area contributed by atoms with Crippen LogP contribution in [-0.2, 0) is 0 Å². The number of benzene rings is 2. The molecule has 1 amide bonds. The molecule has 0 aliphatic rings. The van der Waals surface area contributed by atoms with Gasteiger partial charge in [-0.15, -0.1) is 0 Å². The third kappa shape index (κ3) is 4.95. The van der Waals surface area contributed by atoms with Crippen LogP contribution in [0.1, 0.15) is 17.4 Å². The van der Waals surface area contributed by atoms with Gasteiger partial charge in [0.2, 0.25) is 0 Å². The van der Waals surface area contributed by atoms with Crippen LogP contribution in [0.4, 0.5) is 17.1 Å². The molecule has 0 unspecified atom stereocenters. The Balaban J connectivity index is 1.69. The lowest BCUT2D eigenvalue weighted by atomic mass is 10.2. The molecular weight excluding hydrogens is 370 g/mol. The average molecular weight is 393 g/mol. The molecule has 29 heavy (non-hydrogen) atoms. The Morgan fingerprint density at radius 2 is 1.69 bits per heavy atom. The SMILES string of the molecule is CCOc1ccccc1Nc1ccc(C(=O)Nc2ccc(OC)c(OC)c2)nc1. The number of aromatic nitrogens is 1. The molecule has 3 rings (SSSR count). The Kier molecular flexibility index (Phi) is 6.52. The summed E-state index contributed by atoms with van der Waals surface area (Å²) in [7, 11) is 3.10. The monoisotopic (exact) mass is 393 g/mol. The van der Waals surface area contributed by atoms with Gasteiger partial charge in [-0.1, -0.05) is 12.1 Å². The van der Waals surface area contributed by atoms with E-state index in [9.17, 15) is 4.79 Å². The Morgan fingerprint density at radius 3 is 2.38 bits per heavy atom. The Labute approximate surface area is 169 Å². The van der Waals surface area contributed by atoms with E-state index >= 15 is 0 Å². The highest BCUT2D eigenvalue weighted by molar-refractivity contribution is 6.03. The predicted molar refractivity (Wildman–Crippen MR) is 113 cm³/mol. The summed E-state index contributed by atoms with van der Waals surface area (Å²) in [4.78, 5) is 16.7. The predicted octanol–water partition coefficient (Wildman–Crippen LogP) is 4.49. The lowest BCUT2D eigenvalue weighted by Crippen LogP contribution is -2.13. The zero-order valence-corrected chi connectivity index (χ0v) is 16.6. The largest absolute Gasteiger partial charge is 0.493 e. The third-order valence-electron chi connectivity index (χ3n) is 4.10. The first kappa shape index (κ1) is 20.0. The summed E-state index contributed by atoms with van der Waals surface area (Å²) < 4.78 is 16.1. The number of pyridine rings is 1. The molecule has 0 aliphatic carbocycles. The molecule has 2 N–H and O–H groups in total. The van der Waals surface area contributed by atoms with Crippen LogP contribution in [0.2, 0.25) is 0 Å². The second-order valence-electron chi connectivity index (χ2n) is 6.01. The van der Waals surface area contributed by atoms with Gasteiger partial charge in [0, 0.05) is 11.8 Å². The van der Waals surface area contributed by atoms with Crippen LogP contribution in [0.3, 0.4) is 0 Å². The van der Waals surface area contributed by atoms with Gasteiger partial charge in [-0.2, -0.15) is 0 Å². The van der Waals surface area contributed by atoms with Gasteiger partial charge in [-0.25, -0.2) is 4.98 Å². The normalized spacial score (nSPS) is 10.2. The Morgan fingerprint density at radius 1 is 0.931 bits per heavy atom. The van der Waals surface area contributed by atoms with E-state index < -0.39 is 0 Å². The zero-order valence-electron chi connectivity index (χ0n) is 16.6. The summed E-state index contributed by atoms with van der Waals surface area (Å²) in [6, 6.07) is 16.2. The summed E-state index contributed by atoms with van der Waals surface area (Å²) in [6.07, 6.45) is 1.60. The molecule has 0 aliphatic heterocycles. The minimum Gasteiger partial charge on any atom is -0.493 e. The standard InChI is InChI=1S/C22H23N3O4/c1-4-29-19-8-6-5-7-17(19)24-16-9-11-18(23-14-16)22(26)25-15-10-12-20(27-2)21(13-15)28-3/h5-14,24H,4H2,1-3H3,(H,25,26). The van der Waals surface area contributed by atoms with Crippen molar-refractivity contribution in [1.29, 1.82) is 0 Å². The molecule has 0 fully saturated rings. The molecule has 3 aromatic rings. The third-order valence-corrected chi connectivity index (χ3v) is 4.10. The highest BCUT2D eigenvalue weighted by atomic mass is 16.5. The molecule has 0 atom stereocenters. The molecule has 1 heterocycles. The van der Waals surface area contributed by atoms with E-state index in [1.807, 2.05) is 31.2 Å². The summed E-state index contributed by atoms with van der Waals surface area (Å²) in [5, 5.41) is 6.05. The number of methoxy groups -OCH3 is 2. The van der Waals surface area contributed by atoms with Crippen molar-refractivity contribution < 1.29 is 19.0 Å². The van der Waals surface area contributed by atoms with Crippen molar-refractivity contribution in [2.45, 2.75) is 6.92 Å². The lowest BCUT2D eigenvalue weighted by Gasteiger charge is -2.12. The first-order valence-corrected chi connectivity index (χ1v) is 9.13. The van der Waals surface area contributed by atoms with Crippen molar-refractivity contribution in [3.05, 3.63) is 66.5 Å². The minimum atomic E-state index is -0.321. The quantitative estimate of drug-likeness (QED) is 0.587. The number of rotatable bonds is 8. The van der Waals surface area contributed by atoms with Crippen molar-refractivity contribution in [2.75, 3.05) is 31.5 Å². The molecule has 1 aromatic heterocycles. The van der Waals surface area contributed by atoms with Gasteiger partial charge in [0.05, 0.1) is 38.4 Å². The maximum atomic E-state index is 12.5. The number of nitrogens with zero attached hydrogens (tertiary/aromatic N) is 1. The number of hydrogen-bond acceptors (Lipinski definition) is 6. The van der Waals surface area contributed by atoms with Crippen molar-refractivity contribution >= 4 is 23.0 Å². The van der Waals surface area contributed by atoms with Crippen molar-refractivity contribution in [3.8, 4) is 17.2 Å². The molecule has 2 aromatic carbocycles. The van der Waals surface area contributed by atoms with Gasteiger partial charge >= 0.3 is 0 Å². The second kappa shape index (κ2) is 9.45. The van der Waals surface area contributed by atoms with Crippen molar-refractivity contribution in [2.24, 2.45) is 0 Å². The van der Waals surface area contributed by atoms with E-state index in [0.29, 0.717) is 29.5 Å². The number of anilines is 3. The van der Waals surface area contributed by atoms with E-state index in [2.05, 4.69) is 15.6 Å². The summed E-state index contributed by atoms with van der Waals surface area (Å²) in [5.74, 6) is 1.56. The molecule has 0 spiro atoms. The smallest absolute Gasteiger partial charge is 0.274 e. The Hall–Kier alpha value is -3.74. The topological polar surface area (TPSA) is 81.7 Å². The van der Waals surface area contributed by atoms with Gasteiger partial charge in [0.1, 0.15) is 11.4 Å². The molecule has 7 nitrogen and oxygen atoms in total. The lowest BCUT2D eigenvalue weighted by molar-refractivity contribution is 0.102. The van der Waals surface area contributed by atoms with Gasteiger partial charge in [0.25, 0.3) is 5.91 Å². The van der Waals surface area contributed by atoms with Crippen LogP contribution in [0, 0.1) is 0 Å². The van der Waals surface area contributed by atoms with E-state index in [0.717, 1.165) is 17.1 Å². The van der Waals surface area contributed by atoms with E-state index in [-0.39, 0.29) is 5.91 Å². The van der Waals surface area contributed by atoms with Crippen LogP contribution in [0.5, 0.6) is 17.2 Å². The van der Waals surface area contributed by atoms with Gasteiger partial charge < -0.3 is 24.8 Å². The number of carbonyl (C=O) groups excluding carboxylic acids is 1. The summed E-state index contributed by atoms with van der Waals surface area (Å²) in [6.45, 7) is 2.51. The molecule has 0 radical (unpaired) electrons. The number of hydrogen-bond donors (Lipinski definition) is 2. The first-order valence-electron chi connectivity index (χ1n) is 9.13. The molecule has 150 valence electrons. The fourth-order valence-corrected chi connectivity index (χ4v) is 2.72. The van der Waals surface area contributed by atoms with E-state index in [1.54, 1.807) is 50.7 Å². The zero-order chi connectivity index (χ0) is 20.6. The molecule has 0 saturated heterocycles. The highest BCUT2D eigenvalue weighted by Gasteiger charge is 2.11. The van der Waals surface area contributed by atoms with Crippen LogP contribution >= 0.6 is 0 Å². The van der Waals surface area contributed by atoms with E-state index in [4.69, 9.17) is 14.2 Å². The van der Waals surface area contributed by atoms with Crippen LogP contribution < -0.4 is 24.8 Å². The number of carbonyl (C=O) groups is 1. The fraction of sp³-hybridized carbons (Fsp3) is 0.182. The molecule has 0 saturated carbocycles. The number of nitrogens with one attached hydrogen (secondary N) is 2.